The van der Waals surface area contributed by atoms with Gasteiger partial charge in [0.1, 0.15) is 6.29 Å². The molecule has 0 atom stereocenters. The maximum atomic E-state index is 12.2. The minimum Gasteiger partial charge on any atom is -0.465 e. The molecule has 0 aliphatic carbocycles. The molecule has 0 aromatic carbocycles. The minimum absolute atomic E-state index is 0.242. The fourth-order valence-electron chi connectivity index (χ4n) is 5.64. The third-order valence-corrected chi connectivity index (χ3v) is 8.59. The van der Waals surface area contributed by atoms with E-state index in [1.54, 1.807) is 0 Å². The van der Waals surface area contributed by atoms with Crippen LogP contribution in [0, 0.1) is 5.41 Å². The molecule has 0 fully saturated rings. The van der Waals surface area contributed by atoms with E-state index in [-0.39, 0.29) is 6.54 Å². The van der Waals surface area contributed by atoms with Gasteiger partial charge in [-0.25, -0.2) is 4.79 Å². The number of carbonyl (C=O) groups is 2. The van der Waals surface area contributed by atoms with Crippen LogP contribution >= 0.6 is 0 Å². The molecule has 4 nitrogen and oxygen atoms in total. The molecule has 1 amide bonds. The van der Waals surface area contributed by atoms with Crippen LogP contribution in [0.25, 0.3) is 0 Å². The highest BCUT2D eigenvalue weighted by Gasteiger charge is 2.29. The lowest BCUT2D eigenvalue weighted by atomic mass is 9.79. The van der Waals surface area contributed by atoms with Crippen molar-refractivity contribution in [3.8, 4) is 0 Å². The molecule has 0 spiro atoms. The van der Waals surface area contributed by atoms with E-state index in [9.17, 15) is 9.59 Å². The first-order chi connectivity index (χ1) is 21.6. The summed E-state index contributed by atoms with van der Waals surface area (Å²) in [4.78, 5) is 23.3. The molecule has 0 heterocycles. The van der Waals surface area contributed by atoms with Gasteiger partial charge in [-0.05, 0) is 77.0 Å². The Hall–Kier alpha value is -2.10. The van der Waals surface area contributed by atoms with Crippen LogP contribution < -0.4 is 5.32 Å². The molecule has 44 heavy (non-hydrogen) atoms. The predicted octanol–water partition coefficient (Wildman–Crippen LogP) is 12.8. The second-order valence-electron chi connectivity index (χ2n) is 12.8. The summed E-state index contributed by atoms with van der Waals surface area (Å²) in [6, 6.07) is 0. The zero-order chi connectivity index (χ0) is 32.2. The van der Waals surface area contributed by atoms with E-state index >= 15 is 0 Å². The smallest absolute Gasteiger partial charge is 0.404 e. The first-order valence-electron chi connectivity index (χ1n) is 18.6. The Morgan fingerprint density at radius 2 is 0.864 bits per heavy atom. The fourth-order valence-corrected chi connectivity index (χ4v) is 5.64. The Kier molecular flexibility index (Phi) is 32.2. The second kappa shape index (κ2) is 33.8. The number of amides is 1. The highest BCUT2D eigenvalue weighted by Crippen LogP contribution is 2.30. The van der Waals surface area contributed by atoms with Crippen LogP contribution in [0.15, 0.2) is 48.6 Å². The van der Waals surface area contributed by atoms with Crippen molar-refractivity contribution >= 4 is 12.4 Å². The molecule has 0 radical (unpaired) electrons. The first-order valence-corrected chi connectivity index (χ1v) is 18.6. The molecular formula is C40H71NO3. The number of hydrogen-bond donors (Lipinski definition) is 2. The summed E-state index contributed by atoms with van der Waals surface area (Å²) in [5.41, 5.74) is -0.553. The van der Waals surface area contributed by atoms with E-state index in [0.717, 1.165) is 70.5 Å². The standard InChI is InChI=1S/C40H71NO3/c1-3-5-7-9-11-13-15-17-19-21-23-25-27-29-31-33-35-40(38-42,37-41-39(43)44)36-34-32-30-28-26-24-22-20-18-16-14-12-10-8-6-4-2/h11-14,17-20,38,41H,3-10,15-16,21-37H2,1-2H3,(H,43,44). The van der Waals surface area contributed by atoms with Crippen LogP contribution in [0.4, 0.5) is 4.79 Å². The highest BCUT2D eigenvalue weighted by molar-refractivity contribution is 5.66. The number of carboxylic acid groups (broad SMARTS) is 1. The van der Waals surface area contributed by atoms with Gasteiger partial charge in [0.25, 0.3) is 0 Å². The summed E-state index contributed by atoms with van der Waals surface area (Å²) < 4.78 is 0. The minimum atomic E-state index is -1.04. The number of nitrogens with one attached hydrogen (secondary N) is 1. The Bertz CT molecular complexity index is 704. The van der Waals surface area contributed by atoms with Gasteiger partial charge < -0.3 is 15.2 Å². The largest absolute Gasteiger partial charge is 0.465 e. The molecule has 0 rings (SSSR count). The molecule has 0 aromatic heterocycles. The average Bonchev–Trinajstić information content (AvgIpc) is 3.02. The van der Waals surface area contributed by atoms with Gasteiger partial charge in [0, 0.05) is 12.0 Å². The van der Waals surface area contributed by atoms with Crippen LogP contribution in [0.5, 0.6) is 0 Å². The van der Waals surface area contributed by atoms with Gasteiger partial charge in [-0.3, -0.25) is 0 Å². The summed E-state index contributed by atoms with van der Waals surface area (Å²) in [5.74, 6) is 0. The SMILES string of the molecule is CCCCCC=CCC=CCCCCCCCCC(C=O)(CCCCCCCCC=CCC=CCCCCC)CNC(=O)O. The van der Waals surface area contributed by atoms with Crippen molar-refractivity contribution in [1.29, 1.82) is 0 Å². The van der Waals surface area contributed by atoms with Crippen LogP contribution in [-0.4, -0.2) is 24.0 Å². The van der Waals surface area contributed by atoms with Gasteiger partial charge in [-0.2, -0.15) is 0 Å². The maximum absolute atomic E-state index is 12.2. The maximum Gasteiger partial charge on any atom is 0.404 e. The van der Waals surface area contributed by atoms with Gasteiger partial charge in [-0.1, -0.05) is 152 Å². The molecule has 0 saturated heterocycles. The van der Waals surface area contributed by atoms with E-state index in [2.05, 4.69) is 67.8 Å². The van der Waals surface area contributed by atoms with Crippen LogP contribution in [0.2, 0.25) is 0 Å². The Morgan fingerprint density at radius 3 is 1.20 bits per heavy atom. The zero-order valence-corrected chi connectivity index (χ0v) is 29.1. The van der Waals surface area contributed by atoms with Gasteiger partial charge >= 0.3 is 6.09 Å². The van der Waals surface area contributed by atoms with Crippen molar-refractivity contribution in [3.63, 3.8) is 0 Å². The summed E-state index contributed by atoms with van der Waals surface area (Å²) >= 11 is 0. The molecular weight excluding hydrogens is 542 g/mol. The van der Waals surface area contributed by atoms with E-state index in [0.29, 0.717) is 0 Å². The normalized spacial score (nSPS) is 13.5. The Morgan fingerprint density at radius 1 is 0.523 bits per heavy atom. The van der Waals surface area contributed by atoms with Crippen molar-refractivity contribution in [2.75, 3.05) is 6.54 Å². The fraction of sp³-hybridized carbons (Fsp3) is 0.750. The monoisotopic (exact) mass is 614 g/mol. The van der Waals surface area contributed by atoms with Gasteiger partial charge in [0.05, 0.1) is 0 Å². The molecule has 254 valence electrons. The number of rotatable bonds is 33. The summed E-state index contributed by atoms with van der Waals surface area (Å²) in [5, 5.41) is 11.7. The zero-order valence-electron chi connectivity index (χ0n) is 29.1. The topological polar surface area (TPSA) is 66.4 Å². The lowest BCUT2D eigenvalue weighted by Gasteiger charge is -2.28. The van der Waals surface area contributed by atoms with Crippen molar-refractivity contribution in [1.82, 2.24) is 5.32 Å². The molecule has 0 aliphatic heterocycles. The predicted molar refractivity (Wildman–Crippen MR) is 192 cm³/mol. The second-order valence-corrected chi connectivity index (χ2v) is 12.8. The van der Waals surface area contributed by atoms with Gasteiger partial charge in [0.2, 0.25) is 0 Å². The lowest BCUT2D eigenvalue weighted by molar-refractivity contribution is -0.116. The first kappa shape index (κ1) is 41.9. The van der Waals surface area contributed by atoms with Crippen molar-refractivity contribution in [2.24, 2.45) is 5.41 Å². The quantitative estimate of drug-likeness (QED) is 0.0439. The van der Waals surface area contributed by atoms with Crippen LogP contribution in [0.3, 0.4) is 0 Å². The number of allylic oxidation sites excluding steroid dienone is 8. The third-order valence-electron chi connectivity index (χ3n) is 8.59. The molecule has 0 bridgehead atoms. The van der Waals surface area contributed by atoms with Crippen LogP contribution in [0.1, 0.15) is 181 Å². The number of hydrogen-bond acceptors (Lipinski definition) is 2. The molecule has 0 saturated carbocycles. The van der Waals surface area contributed by atoms with Gasteiger partial charge in [-0.15, -0.1) is 0 Å². The summed E-state index contributed by atoms with van der Waals surface area (Å²) in [6.07, 6.45) is 48.7. The summed E-state index contributed by atoms with van der Waals surface area (Å²) in [6.45, 7) is 4.73. The van der Waals surface area contributed by atoms with Crippen LogP contribution in [-0.2, 0) is 4.79 Å². The Balaban J connectivity index is 3.99. The summed E-state index contributed by atoms with van der Waals surface area (Å²) in [7, 11) is 0. The Labute approximate surface area is 273 Å². The van der Waals surface area contributed by atoms with E-state index < -0.39 is 11.5 Å². The van der Waals surface area contributed by atoms with Crippen molar-refractivity contribution < 1.29 is 14.7 Å². The number of aldehydes is 1. The lowest BCUT2D eigenvalue weighted by Crippen LogP contribution is -2.38. The molecule has 0 aromatic rings. The van der Waals surface area contributed by atoms with Crippen molar-refractivity contribution in [3.05, 3.63) is 48.6 Å². The average molecular weight is 614 g/mol. The molecule has 2 N–H and O–H groups in total. The van der Waals surface area contributed by atoms with E-state index in [1.165, 1.54) is 103 Å². The van der Waals surface area contributed by atoms with E-state index in [4.69, 9.17) is 5.11 Å². The van der Waals surface area contributed by atoms with E-state index in [1.807, 2.05) is 0 Å². The third kappa shape index (κ3) is 29.9. The number of unbranched alkanes of at least 4 members (excludes halogenated alkanes) is 18. The van der Waals surface area contributed by atoms with Crippen molar-refractivity contribution in [2.45, 2.75) is 181 Å². The van der Waals surface area contributed by atoms with Gasteiger partial charge in [0.15, 0.2) is 0 Å². The molecule has 0 aliphatic rings. The highest BCUT2D eigenvalue weighted by atomic mass is 16.4. The molecule has 0 unspecified atom stereocenters. The number of carbonyl (C=O) groups excluding carboxylic acids is 1. The molecule has 4 heteroatoms.